The third kappa shape index (κ3) is 2.18. The van der Waals surface area contributed by atoms with Gasteiger partial charge in [0.25, 0.3) is 0 Å². The van der Waals surface area contributed by atoms with E-state index in [2.05, 4.69) is 4.90 Å². The standard InChI is InChI=1S/C18H24FN/c19-17-4-2-1-3-16(17)14-7-9-20(10-8-14)18-12-13-5-6-15(18)11-13/h1-4,13-15,18H,5-12H2/t13-,15-,18-/m0/s1. The van der Waals surface area contributed by atoms with Crippen LogP contribution in [-0.2, 0) is 0 Å². The molecule has 4 rings (SSSR count). The molecule has 3 atom stereocenters. The molecular weight excluding hydrogens is 249 g/mol. The van der Waals surface area contributed by atoms with Crippen LogP contribution in [0.1, 0.15) is 50.0 Å². The molecule has 0 radical (unpaired) electrons. The molecule has 0 N–H and O–H groups in total. The van der Waals surface area contributed by atoms with Gasteiger partial charge in [-0.25, -0.2) is 4.39 Å². The van der Waals surface area contributed by atoms with Crippen LogP contribution in [-0.4, -0.2) is 24.0 Å². The molecule has 2 bridgehead atoms. The lowest BCUT2D eigenvalue weighted by Gasteiger charge is -2.39. The summed E-state index contributed by atoms with van der Waals surface area (Å²) in [6, 6.07) is 8.21. The van der Waals surface area contributed by atoms with Crippen molar-refractivity contribution in [1.82, 2.24) is 4.90 Å². The lowest BCUT2D eigenvalue weighted by molar-refractivity contribution is 0.110. The molecular formula is C18H24FN. The first kappa shape index (κ1) is 12.8. The van der Waals surface area contributed by atoms with Gasteiger partial charge in [-0.3, -0.25) is 0 Å². The molecule has 2 heteroatoms. The van der Waals surface area contributed by atoms with Crippen molar-refractivity contribution in [2.75, 3.05) is 13.1 Å². The van der Waals surface area contributed by atoms with E-state index in [1.54, 1.807) is 12.1 Å². The Morgan fingerprint density at radius 2 is 1.75 bits per heavy atom. The zero-order chi connectivity index (χ0) is 13.5. The number of benzene rings is 1. The number of piperidine rings is 1. The predicted octanol–water partition coefficient (Wildman–Crippen LogP) is 4.19. The molecule has 1 heterocycles. The fourth-order valence-electron chi connectivity index (χ4n) is 5.01. The van der Waals surface area contributed by atoms with Gasteiger partial charge in [0.05, 0.1) is 0 Å². The highest BCUT2D eigenvalue weighted by atomic mass is 19.1. The Hall–Kier alpha value is -0.890. The molecule has 2 aliphatic carbocycles. The van der Waals surface area contributed by atoms with Gasteiger partial charge in [0.2, 0.25) is 0 Å². The number of fused-ring (bicyclic) bond motifs is 2. The minimum absolute atomic E-state index is 0.00845. The van der Waals surface area contributed by atoms with Gasteiger partial charge in [-0.15, -0.1) is 0 Å². The molecule has 2 saturated carbocycles. The number of hydrogen-bond donors (Lipinski definition) is 0. The van der Waals surface area contributed by atoms with Crippen LogP contribution in [0.25, 0.3) is 0 Å². The van der Waals surface area contributed by atoms with E-state index < -0.39 is 0 Å². The second-order valence-electron chi connectivity index (χ2n) is 7.07. The van der Waals surface area contributed by atoms with Crippen LogP contribution in [0.5, 0.6) is 0 Å². The Morgan fingerprint density at radius 3 is 2.40 bits per heavy atom. The lowest BCUT2D eigenvalue weighted by Crippen LogP contribution is -2.43. The highest BCUT2D eigenvalue weighted by Crippen LogP contribution is 2.47. The molecule has 1 aliphatic heterocycles. The smallest absolute Gasteiger partial charge is 0.126 e. The first-order valence-electron chi connectivity index (χ1n) is 8.29. The Morgan fingerprint density at radius 1 is 0.950 bits per heavy atom. The number of nitrogens with zero attached hydrogens (tertiary/aromatic N) is 1. The monoisotopic (exact) mass is 273 g/mol. The first-order valence-corrected chi connectivity index (χ1v) is 8.29. The van der Waals surface area contributed by atoms with E-state index in [0.29, 0.717) is 5.92 Å². The van der Waals surface area contributed by atoms with Crippen LogP contribution >= 0.6 is 0 Å². The molecule has 3 aliphatic rings. The maximum absolute atomic E-state index is 13.9. The van der Waals surface area contributed by atoms with E-state index in [4.69, 9.17) is 0 Å². The average molecular weight is 273 g/mol. The third-order valence-electron chi connectivity index (χ3n) is 6.04. The van der Waals surface area contributed by atoms with Crippen molar-refractivity contribution in [2.24, 2.45) is 11.8 Å². The van der Waals surface area contributed by atoms with Crippen molar-refractivity contribution in [3.05, 3.63) is 35.6 Å². The van der Waals surface area contributed by atoms with Crippen molar-refractivity contribution in [3.8, 4) is 0 Å². The second-order valence-corrected chi connectivity index (χ2v) is 7.07. The van der Waals surface area contributed by atoms with Crippen LogP contribution < -0.4 is 0 Å². The van der Waals surface area contributed by atoms with E-state index in [-0.39, 0.29) is 5.82 Å². The molecule has 0 amide bonds. The molecule has 20 heavy (non-hydrogen) atoms. The van der Waals surface area contributed by atoms with Crippen LogP contribution in [0, 0.1) is 17.7 Å². The quantitative estimate of drug-likeness (QED) is 0.781. The average Bonchev–Trinajstić information content (AvgIpc) is 3.11. The number of hydrogen-bond acceptors (Lipinski definition) is 1. The summed E-state index contributed by atoms with van der Waals surface area (Å²) in [5.74, 6) is 2.43. The number of halogens is 1. The van der Waals surface area contributed by atoms with E-state index in [9.17, 15) is 4.39 Å². The Bertz CT molecular complexity index is 478. The Labute approximate surface area is 121 Å². The van der Waals surface area contributed by atoms with Gasteiger partial charge in [-0.2, -0.15) is 0 Å². The fraction of sp³-hybridized carbons (Fsp3) is 0.667. The maximum atomic E-state index is 13.9. The van der Waals surface area contributed by atoms with Gasteiger partial charge in [-0.05, 0) is 74.6 Å². The SMILES string of the molecule is Fc1ccccc1C1CCN([C@H]2C[C@H]3CC[C@H]2C3)CC1. The molecule has 3 fully saturated rings. The van der Waals surface area contributed by atoms with Crippen LogP contribution in [0.3, 0.4) is 0 Å². The topological polar surface area (TPSA) is 3.24 Å². The summed E-state index contributed by atoms with van der Waals surface area (Å²) in [6.07, 6.45) is 8.13. The van der Waals surface area contributed by atoms with Gasteiger partial charge in [0.1, 0.15) is 5.82 Å². The summed E-state index contributed by atoms with van der Waals surface area (Å²) < 4.78 is 13.9. The molecule has 1 nitrogen and oxygen atoms in total. The van der Waals surface area contributed by atoms with Gasteiger partial charge >= 0.3 is 0 Å². The molecule has 0 spiro atoms. The van der Waals surface area contributed by atoms with Gasteiger partial charge < -0.3 is 4.90 Å². The van der Waals surface area contributed by atoms with E-state index >= 15 is 0 Å². The third-order valence-corrected chi connectivity index (χ3v) is 6.04. The fourth-order valence-corrected chi connectivity index (χ4v) is 5.01. The highest BCUT2D eigenvalue weighted by Gasteiger charge is 2.42. The van der Waals surface area contributed by atoms with Crippen LogP contribution in [0.2, 0.25) is 0 Å². The normalized spacial score (nSPS) is 34.8. The largest absolute Gasteiger partial charge is 0.300 e. The zero-order valence-electron chi connectivity index (χ0n) is 12.1. The summed E-state index contributed by atoms with van der Waals surface area (Å²) >= 11 is 0. The minimum atomic E-state index is -0.00845. The van der Waals surface area contributed by atoms with Gasteiger partial charge in [-0.1, -0.05) is 24.6 Å². The van der Waals surface area contributed by atoms with Crippen molar-refractivity contribution in [1.29, 1.82) is 0 Å². The van der Waals surface area contributed by atoms with Crippen molar-refractivity contribution in [2.45, 2.75) is 50.5 Å². The second kappa shape index (κ2) is 5.14. The molecule has 0 unspecified atom stereocenters. The van der Waals surface area contributed by atoms with E-state index in [1.165, 1.54) is 38.8 Å². The summed E-state index contributed by atoms with van der Waals surface area (Å²) in [6.45, 7) is 2.35. The molecule has 1 saturated heterocycles. The number of rotatable bonds is 2. The molecule has 1 aromatic carbocycles. The van der Waals surface area contributed by atoms with Crippen molar-refractivity contribution in [3.63, 3.8) is 0 Å². The summed E-state index contributed by atoms with van der Waals surface area (Å²) in [7, 11) is 0. The van der Waals surface area contributed by atoms with Crippen LogP contribution in [0.4, 0.5) is 4.39 Å². The molecule has 1 aromatic rings. The summed E-state index contributed by atoms with van der Waals surface area (Å²) in [5.41, 5.74) is 0.945. The highest BCUT2D eigenvalue weighted by molar-refractivity contribution is 5.22. The molecule has 0 aromatic heterocycles. The van der Waals surface area contributed by atoms with E-state index in [0.717, 1.165) is 36.3 Å². The van der Waals surface area contributed by atoms with Crippen molar-refractivity contribution < 1.29 is 4.39 Å². The van der Waals surface area contributed by atoms with Gasteiger partial charge in [0, 0.05) is 6.04 Å². The number of likely N-dealkylation sites (tertiary alicyclic amines) is 1. The van der Waals surface area contributed by atoms with Crippen LogP contribution in [0.15, 0.2) is 24.3 Å². The Kier molecular flexibility index (Phi) is 3.30. The maximum Gasteiger partial charge on any atom is 0.126 e. The van der Waals surface area contributed by atoms with Crippen molar-refractivity contribution >= 4 is 0 Å². The summed E-state index contributed by atoms with van der Waals surface area (Å²) in [5, 5.41) is 0. The summed E-state index contributed by atoms with van der Waals surface area (Å²) in [4.78, 5) is 2.72. The van der Waals surface area contributed by atoms with Gasteiger partial charge in [0.15, 0.2) is 0 Å². The first-order chi connectivity index (χ1) is 9.81. The van der Waals surface area contributed by atoms with E-state index in [1.807, 2.05) is 12.1 Å². The Balaban J connectivity index is 1.40. The lowest BCUT2D eigenvalue weighted by atomic mass is 9.86. The zero-order valence-corrected chi connectivity index (χ0v) is 12.1. The predicted molar refractivity (Wildman–Crippen MR) is 79.2 cm³/mol. The molecule has 108 valence electrons. The minimum Gasteiger partial charge on any atom is -0.300 e.